The molecule has 1 aliphatic heterocycles. The van der Waals surface area contributed by atoms with Crippen LogP contribution in [0, 0.1) is 5.92 Å². The molecule has 0 radical (unpaired) electrons. The van der Waals surface area contributed by atoms with Gasteiger partial charge in [-0.15, -0.1) is 0 Å². The molecular weight excluding hydrogens is 204 g/mol. The van der Waals surface area contributed by atoms with E-state index >= 15 is 0 Å². The zero-order chi connectivity index (χ0) is 11.8. The van der Waals surface area contributed by atoms with E-state index < -0.39 is 0 Å². The number of hydrogen-bond donors (Lipinski definition) is 2. The number of hydrogen-bond acceptors (Lipinski definition) is 3. The Balaban J connectivity index is 2.44. The van der Waals surface area contributed by atoms with Gasteiger partial charge >= 0.3 is 0 Å². The normalized spacial score (nSPS) is 17.4. The van der Waals surface area contributed by atoms with Crippen molar-refractivity contribution in [3.63, 3.8) is 0 Å². The molecule has 0 aromatic heterocycles. The predicted molar refractivity (Wildman–Crippen MR) is 64.2 cm³/mol. The molecule has 1 heterocycles. The van der Waals surface area contributed by atoms with Crippen LogP contribution in [-0.4, -0.2) is 48.7 Å². The Morgan fingerprint density at radius 2 is 2.06 bits per heavy atom. The third-order valence-electron chi connectivity index (χ3n) is 3.15. The quantitative estimate of drug-likeness (QED) is 0.700. The molecule has 4 nitrogen and oxygen atoms in total. The minimum atomic E-state index is 0.0699. The Labute approximate surface area is 98.0 Å². The number of carbonyl (C=O) groups excluding carboxylic acids is 1. The first-order valence-electron chi connectivity index (χ1n) is 6.40. The topological polar surface area (TPSA) is 52.6 Å². The number of aliphatic hydroxyl groups is 1. The third-order valence-corrected chi connectivity index (χ3v) is 3.15. The Morgan fingerprint density at radius 3 is 2.62 bits per heavy atom. The van der Waals surface area contributed by atoms with Crippen LogP contribution in [-0.2, 0) is 4.79 Å². The van der Waals surface area contributed by atoms with E-state index in [4.69, 9.17) is 5.11 Å². The van der Waals surface area contributed by atoms with E-state index in [0.717, 1.165) is 45.3 Å². The number of piperidine rings is 1. The Kier molecular flexibility index (Phi) is 6.42. The molecular formula is C12H24N2O2. The second-order valence-electron chi connectivity index (χ2n) is 4.43. The smallest absolute Gasteiger partial charge is 0.225 e. The van der Waals surface area contributed by atoms with Crippen molar-refractivity contribution < 1.29 is 9.90 Å². The molecule has 0 aliphatic carbocycles. The highest BCUT2D eigenvalue weighted by Gasteiger charge is 2.25. The van der Waals surface area contributed by atoms with E-state index in [1.54, 1.807) is 0 Å². The second-order valence-corrected chi connectivity index (χ2v) is 4.43. The van der Waals surface area contributed by atoms with E-state index in [-0.39, 0.29) is 18.4 Å². The van der Waals surface area contributed by atoms with Gasteiger partial charge in [0, 0.05) is 19.0 Å². The van der Waals surface area contributed by atoms with Crippen LogP contribution in [0.4, 0.5) is 0 Å². The number of rotatable bonds is 6. The minimum absolute atomic E-state index is 0.0699. The van der Waals surface area contributed by atoms with Crippen LogP contribution < -0.4 is 5.32 Å². The van der Waals surface area contributed by atoms with Crippen LogP contribution in [0.2, 0.25) is 0 Å². The lowest BCUT2D eigenvalue weighted by atomic mass is 9.96. The van der Waals surface area contributed by atoms with Crippen molar-refractivity contribution in [2.75, 3.05) is 32.8 Å². The molecule has 1 rings (SSSR count). The minimum Gasteiger partial charge on any atom is -0.395 e. The van der Waals surface area contributed by atoms with Crippen molar-refractivity contribution in [2.24, 2.45) is 5.92 Å². The van der Waals surface area contributed by atoms with E-state index in [0.29, 0.717) is 6.54 Å². The average molecular weight is 228 g/mol. The van der Waals surface area contributed by atoms with Crippen molar-refractivity contribution in [2.45, 2.75) is 32.6 Å². The van der Waals surface area contributed by atoms with Gasteiger partial charge in [0.1, 0.15) is 0 Å². The van der Waals surface area contributed by atoms with E-state index in [2.05, 4.69) is 12.2 Å². The van der Waals surface area contributed by atoms with Gasteiger partial charge in [0.2, 0.25) is 5.91 Å². The van der Waals surface area contributed by atoms with Crippen molar-refractivity contribution in [3.05, 3.63) is 0 Å². The highest BCUT2D eigenvalue weighted by atomic mass is 16.3. The fourth-order valence-electron chi connectivity index (χ4n) is 2.13. The lowest BCUT2D eigenvalue weighted by Gasteiger charge is -2.29. The summed E-state index contributed by atoms with van der Waals surface area (Å²) in [7, 11) is 0. The molecule has 0 spiro atoms. The van der Waals surface area contributed by atoms with Gasteiger partial charge in [-0.1, -0.05) is 13.3 Å². The predicted octanol–water partition coefficient (Wildman–Crippen LogP) is 0.607. The lowest BCUT2D eigenvalue weighted by Crippen LogP contribution is -2.42. The number of nitrogens with one attached hydrogen (secondary N) is 1. The zero-order valence-corrected chi connectivity index (χ0v) is 10.2. The summed E-state index contributed by atoms with van der Waals surface area (Å²) < 4.78 is 0. The number of unbranched alkanes of at least 4 members (excludes halogenated alkanes) is 1. The molecule has 1 aliphatic rings. The van der Waals surface area contributed by atoms with Gasteiger partial charge in [-0.05, 0) is 32.4 Å². The number of carbonyl (C=O) groups is 1. The molecule has 0 saturated carbocycles. The molecule has 1 amide bonds. The highest BCUT2D eigenvalue weighted by Crippen LogP contribution is 2.15. The van der Waals surface area contributed by atoms with E-state index in [1.165, 1.54) is 0 Å². The monoisotopic (exact) mass is 228 g/mol. The van der Waals surface area contributed by atoms with Gasteiger partial charge < -0.3 is 15.3 Å². The van der Waals surface area contributed by atoms with Crippen LogP contribution in [0.25, 0.3) is 0 Å². The first-order chi connectivity index (χ1) is 7.79. The van der Waals surface area contributed by atoms with E-state index in [1.807, 2.05) is 4.90 Å². The Morgan fingerprint density at radius 1 is 1.38 bits per heavy atom. The molecule has 1 fully saturated rings. The summed E-state index contributed by atoms with van der Waals surface area (Å²) in [4.78, 5) is 14.0. The van der Waals surface area contributed by atoms with Gasteiger partial charge in [0.15, 0.2) is 0 Å². The fraction of sp³-hybridized carbons (Fsp3) is 0.917. The molecule has 0 atom stereocenters. The molecule has 2 N–H and O–H groups in total. The van der Waals surface area contributed by atoms with Crippen molar-refractivity contribution in [3.8, 4) is 0 Å². The Bertz CT molecular complexity index is 203. The summed E-state index contributed by atoms with van der Waals surface area (Å²) in [6, 6.07) is 0. The van der Waals surface area contributed by atoms with Crippen LogP contribution in [0.3, 0.4) is 0 Å². The summed E-state index contributed by atoms with van der Waals surface area (Å²) in [5.41, 5.74) is 0. The highest BCUT2D eigenvalue weighted by molar-refractivity contribution is 5.79. The van der Waals surface area contributed by atoms with Gasteiger partial charge in [0.25, 0.3) is 0 Å². The third kappa shape index (κ3) is 4.10. The molecule has 0 aromatic carbocycles. The maximum Gasteiger partial charge on any atom is 0.225 e. The number of amides is 1. The Hall–Kier alpha value is -0.610. The van der Waals surface area contributed by atoms with Crippen molar-refractivity contribution >= 4 is 5.91 Å². The maximum atomic E-state index is 12.2. The van der Waals surface area contributed by atoms with Crippen LogP contribution >= 0.6 is 0 Å². The second kappa shape index (κ2) is 7.63. The van der Waals surface area contributed by atoms with Gasteiger partial charge in [-0.25, -0.2) is 0 Å². The largest absolute Gasteiger partial charge is 0.395 e. The first kappa shape index (κ1) is 13.5. The van der Waals surface area contributed by atoms with Crippen molar-refractivity contribution in [1.29, 1.82) is 0 Å². The van der Waals surface area contributed by atoms with Crippen LogP contribution in [0.15, 0.2) is 0 Å². The van der Waals surface area contributed by atoms with Gasteiger partial charge in [0.05, 0.1) is 6.61 Å². The van der Waals surface area contributed by atoms with Crippen LogP contribution in [0.1, 0.15) is 32.6 Å². The number of aliphatic hydroxyl groups excluding tert-OH is 1. The lowest BCUT2D eigenvalue weighted by molar-refractivity contribution is -0.137. The molecule has 16 heavy (non-hydrogen) atoms. The van der Waals surface area contributed by atoms with Gasteiger partial charge in [-0.2, -0.15) is 0 Å². The van der Waals surface area contributed by atoms with Crippen LogP contribution in [0.5, 0.6) is 0 Å². The summed E-state index contributed by atoms with van der Waals surface area (Å²) in [5, 5.41) is 12.2. The standard InChI is InChI=1S/C12H24N2O2/c1-2-3-8-14(9-10-15)12(16)11-4-6-13-7-5-11/h11,13,15H,2-10H2,1H3. The van der Waals surface area contributed by atoms with Crippen molar-refractivity contribution in [1.82, 2.24) is 10.2 Å². The molecule has 94 valence electrons. The van der Waals surface area contributed by atoms with Gasteiger partial charge in [-0.3, -0.25) is 4.79 Å². The number of nitrogens with zero attached hydrogens (tertiary/aromatic N) is 1. The molecule has 1 saturated heterocycles. The first-order valence-corrected chi connectivity index (χ1v) is 6.40. The fourth-order valence-corrected chi connectivity index (χ4v) is 2.13. The summed E-state index contributed by atoms with van der Waals surface area (Å²) in [6.07, 6.45) is 3.98. The summed E-state index contributed by atoms with van der Waals surface area (Å²) in [6.45, 7) is 5.35. The average Bonchev–Trinajstić information content (AvgIpc) is 2.35. The summed E-state index contributed by atoms with van der Waals surface area (Å²) >= 11 is 0. The maximum absolute atomic E-state index is 12.2. The summed E-state index contributed by atoms with van der Waals surface area (Å²) in [5.74, 6) is 0.411. The zero-order valence-electron chi connectivity index (χ0n) is 10.2. The molecule has 0 aromatic rings. The molecule has 0 bridgehead atoms. The van der Waals surface area contributed by atoms with E-state index in [9.17, 15) is 4.79 Å². The molecule has 0 unspecified atom stereocenters. The molecule has 4 heteroatoms. The SMILES string of the molecule is CCCCN(CCO)C(=O)C1CCNCC1.